The fourth-order valence-corrected chi connectivity index (χ4v) is 2.21. The molecule has 0 aromatic heterocycles. The molecule has 0 radical (unpaired) electrons. The maximum absolute atomic E-state index is 13.4. The number of aldehydes is 1. The number of sulfone groups is 1. The van der Waals surface area contributed by atoms with Gasteiger partial charge in [-0.15, -0.1) is 0 Å². The predicted octanol–water partition coefficient (Wildman–Crippen LogP) is 1.98. The van der Waals surface area contributed by atoms with Crippen LogP contribution in [0.25, 0.3) is 0 Å². The lowest BCUT2D eigenvalue weighted by Gasteiger charge is -2.08. The first-order valence-corrected chi connectivity index (χ1v) is 5.94. The summed E-state index contributed by atoms with van der Waals surface area (Å²) in [6, 6.07) is 1.55. The molecular formula is C9H7F3O3S. The first-order chi connectivity index (χ1) is 7.29. The van der Waals surface area contributed by atoms with Crippen LogP contribution in [0, 0.1) is 5.82 Å². The highest BCUT2D eigenvalue weighted by Crippen LogP contribution is 2.28. The van der Waals surface area contributed by atoms with Crippen molar-refractivity contribution < 1.29 is 26.4 Å². The zero-order chi connectivity index (χ0) is 12.5. The third-order valence-corrected chi connectivity index (χ3v) is 3.05. The van der Waals surface area contributed by atoms with Crippen molar-refractivity contribution in [2.45, 2.75) is 11.3 Å². The molecule has 3 nitrogen and oxygen atoms in total. The molecule has 0 saturated heterocycles. The van der Waals surface area contributed by atoms with Crippen LogP contribution in [0.1, 0.15) is 22.3 Å². The Morgan fingerprint density at radius 3 is 2.25 bits per heavy atom. The Balaban J connectivity index is 3.67. The monoisotopic (exact) mass is 252 g/mol. The molecule has 0 unspecified atom stereocenters. The van der Waals surface area contributed by atoms with Crippen LogP contribution in [-0.2, 0) is 9.84 Å². The largest absolute Gasteiger partial charge is 0.298 e. The molecule has 1 aromatic rings. The van der Waals surface area contributed by atoms with Crippen molar-refractivity contribution in [2.24, 2.45) is 0 Å². The highest BCUT2D eigenvalue weighted by Gasteiger charge is 2.25. The first-order valence-electron chi connectivity index (χ1n) is 4.04. The normalized spacial score (nSPS) is 11.8. The molecule has 88 valence electrons. The first kappa shape index (κ1) is 12.7. The lowest BCUT2D eigenvalue weighted by molar-refractivity contribution is 0.111. The Kier molecular flexibility index (Phi) is 3.37. The van der Waals surface area contributed by atoms with E-state index >= 15 is 0 Å². The van der Waals surface area contributed by atoms with E-state index in [1.165, 1.54) is 0 Å². The van der Waals surface area contributed by atoms with Crippen LogP contribution in [0.4, 0.5) is 13.2 Å². The summed E-state index contributed by atoms with van der Waals surface area (Å²) in [6.45, 7) is 0. The molecule has 0 spiro atoms. The molecule has 0 fully saturated rings. The van der Waals surface area contributed by atoms with Gasteiger partial charge < -0.3 is 0 Å². The second-order valence-electron chi connectivity index (χ2n) is 3.08. The van der Waals surface area contributed by atoms with Crippen LogP contribution in [0.2, 0.25) is 0 Å². The highest BCUT2D eigenvalue weighted by atomic mass is 32.2. The quantitative estimate of drug-likeness (QED) is 0.773. The van der Waals surface area contributed by atoms with Gasteiger partial charge in [0, 0.05) is 11.8 Å². The summed E-state index contributed by atoms with van der Waals surface area (Å²) in [5.41, 5.74) is -1.50. The molecule has 0 heterocycles. The minimum Gasteiger partial charge on any atom is -0.298 e. The summed E-state index contributed by atoms with van der Waals surface area (Å²) in [6.07, 6.45) is -2.39. The number of benzene rings is 1. The third-order valence-electron chi connectivity index (χ3n) is 1.89. The average molecular weight is 252 g/mol. The zero-order valence-electron chi connectivity index (χ0n) is 8.08. The van der Waals surface area contributed by atoms with E-state index in [2.05, 4.69) is 0 Å². The molecule has 0 aliphatic rings. The number of rotatable bonds is 3. The standard InChI is InChI=1S/C9H7F3O3S/c1-16(14,15)8-5(4-13)2-3-6(7(8)10)9(11)12/h2-4,9H,1H3. The maximum Gasteiger partial charge on any atom is 0.266 e. The molecule has 1 rings (SSSR count). The van der Waals surface area contributed by atoms with Crippen molar-refractivity contribution in [3.05, 3.63) is 29.1 Å². The van der Waals surface area contributed by atoms with Gasteiger partial charge in [0.25, 0.3) is 6.43 Å². The van der Waals surface area contributed by atoms with Crippen LogP contribution in [0.5, 0.6) is 0 Å². The van der Waals surface area contributed by atoms with E-state index < -0.39 is 38.1 Å². The summed E-state index contributed by atoms with van der Waals surface area (Å²) in [5.74, 6) is -1.57. The Labute approximate surface area is 89.8 Å². The minimum atomic E-state index is -4.07. The van der Waals surface area contributed by atoms with Crippen molar-refractivity contribution in [2.75, 3.05) is 6.26 Å². The van der Waals surface area contributed by atoms with Crippen molar-refractivity contribution in [1.82, 2.24) is 0 Å². The van der Waals surface area contributed by atoms with Crippen molar-refractivity contribution in [1.29, 1.82) is 0 Å². The van der Waals surface area contributed by atoms with Crippen molar-refractivity contribution >= 4 is 16.1 Å². The molecule has 0 amide bonds. The van der Waals surface area contributed by atoms with Crippen molar-refractivity contribution in [3.8, 4) is 0 Å². The smallest absolute Gasteiger partial charge is 0.266 e. The van der Waals surface area contributed by atoms with E-state index in [0.717, 1.165) is 6.07 Å². The number of hydrogen-bond donors (Lipinski definition) is 0. The van der Waals surface area contributed by atoms with Gasteiger partial charge in [0.05, 0.1) is 5.56 Å². The molecule has 0 saturated carbocycles. The minimum absolute atomic E-state index is 0.106. The van der Waals surface area contributed by atoms with Gasteiger partial charge >= 0.3 is 0 Å². The fraction of sp³-hybridized carbons (Fsp3) is 0.222. The van der Waals surface area contributed by atoms with Crippen LogP contribution in [0.3, 0.4) is 0 Å². The Bertz CT molecular complexity index is 523. The molecule has 16 heavy (non-hydrogen) atoms. The van der Waals surface area contributed by atoms with E-state index in [1.807, 2.05) is 0 Å². The number of alkyl halides is 2. The van der Waals surface area contributed by atoms with E-state index in [1.54, 1.807) is 0 Å². The fourth-order valence-electron chi connectivity index (χ4n) is 1.22. The van der Waals surface area contributed by atoms with Gasteiger partial charge in [-0.3, -0.25) is 4.79 Å². The summed E-state index contributed by atoms with van der Waals surface area (Å²) in [5, 5.41) is 0. The SMILES string of the molecule is CS(=O)(=O)c1c(C=O)ccc(C(F)F)c1F. The second-order valence-corrected chi connectivity index (χ2v) is 5.03. The Morgan fingerprint density at radius 2 is 1.88 bits per heavy atom. The Hall–Kier alpha value is -1.37. The molecule has 0 bridgehead atoms. The third kappa shape index (κ3) is 2.24. The van der Waals surface area contributed by atoms with E-state index in [4.69, 9.17) is 0 Å². The summed E-state index contributed by atoms with van der Waals surface area (Å²) >= 11 is 0. The molecule has 0 aliphatic heterocycles. The molecule has 0 N–H and O–H groups in total. The number of hydrogen-bond acceptors (Lipinski definition) is 3. The molecular weight excluding hydrogens is 245 g/mol. The van der Waals surface area contributed by atoms with Crippen LogP contribution in [0.15, 0.2) is 17.0 Å². The van der Waals surface area contributed by atoms with Gasteiger partial charge in [-0.05, 0) is 12.1 Å². The van der Waals surface area contributed by atoms with Gasteiger partial charge in [-0.2, -0.15) is 0 Å². The predicted molar refractivity (Wildman–Crippen MR) is 49.9 cm³/mol. The molecule has 7 heteroatoms. The van der Waals surface area contributed by atoms with Crippen LogP contribution < -0.4 is 0 Å². The van der Waals surface area contributed by atoms with Gasteiger partial charge in [-0.25, -0.2) is 21.6 Å². The van der Waals surface area contributed by atoms with E-state index in [-0.39, 0.29) is 6.29 Å². The number of carbonyl (C=O) groups excluding carboxylic acids is 1. The van der Waals surface area contributed by atoms with Gasteiger partial charge in [0.15, 0.2) is 21.9 Å². The van der Waals surface area contributed by atoms with Crippen LogP contribution >= 0.6 is 0 Å². The van der Waals surface area contributed by atoms with Crippen molar-refractivity contribution in [3.63, 3.8) is 0 Å². The highest BCUT2D eigenvalue weighted by molar-refractivity contribution is 7.90. The van der Waals surface area contributed by atoms with Gasteiger partial charge in [0.2, 0.25) is 0 Å². The average Bonchev–Trinajstić information content (AvgIpc) is 2.14. The Morgan fingerprint density at radius 1 is 1.31 bits per heavy atom. The van der Waals surface area contributed by atoms with Crippen LogP contribution in [-0.4, -0.2) is 21.0 Å². The van der Waals surface area contributed by atoms with E-state index in [0.29, 0.717) is 12.3 Å². The molecule has 0 atom stereocenters. The van der Waals surface area contributed by atoms with E-state index in [9.17, 15) is 26.4 Å². The maximum atomic E-state index is 13.4. The lowest BCUT2D eigenvalue weighted by Crippen LogP contribution is -2.08. The van der Waals surface area contributed by atoms with Gasteiger partial charge in [-0.1, -0.05) is 0 Å². The second kappa shape index (κ2) is 4.25. The number of carbonyl (C=O) groups is 1. The summed E-state index contributed by atoms with van der Waals surface area (Å²) in [7, 11) is -4.07. The summed E-state index contributed by atoms with van der Waals surface area (Å²) < 4.78 is 60.4. The van der Waals surface area contributed by atoms with Gasteiger partial charge in [0.1, 0.15) is 4.90 Å². The summed E-state index contributed by atoms with van der Waals surface area (Å²) in [4.78, 5) is 9.50. The topological polar surface area (TPSA) is 51.2 Å². The number of halogens is 3. The lowest BCUT2D eigenvalue weighted by atomic mass is 10.1. The molecule has 1 aromatic carbocycles. The zero-order valence-corrected chi connectivity index (χ0v) is 8.89. The molecule has 0 aliphatic carbocycles.